The van der Waals surface area contributed by atoms with Crippen LogP contribution in [0.4, 0.5) is 0 Å². The Morgan fingerprint density at radius 1 is 0.857 bits per heavy atom. The van der Waals surface area contributed by atoms with Crippen molar-refractivity contribution in [3.8, 4) is 11.1 Å². The Kier molecular flexibility index (Phi) is 4.69. The number of benzene rings is 2. The first-order valence-corrected chi connectivity index (χ1v) is 9.24. The largest absolute Gasteiger partial charge is 0.290 e. The SMILES string of the molecule is O=C(NNC(=O)c1n[nH]c(=O)c2ccccc12)c1sccc1-c1ccccc1. The van der Waals surface area contributed by atoms with Gasteiger partial charge in [-0.1, -0.05) is 48.5 Å². The number of hydrogen-bond acceptors (Lipinski definition) is 5. The fourth-order valence-electron chi connectivity index (χ4n) is 2.85. The molecule has 3 N–H and O–H groups in total. The molecule has 138 valence electrons. The number of carbonyl (C=O) groups is 2. The summed E-state index contributed by atoms with van der Waals surface area (Å²) in [4.78, 5) is 37.4. The van der Waals surface area contributed by atoms with Crippen molar-refractivity contribution < 1.29 is 9.59 Å². The van der Waals surface area contributed by atoms with E-state index in [1.807, 2.05) is 41.8 Å². The average molecular weight is 390 g/mol. The summed E-state index contributed by atoms with van der Waals surface area (Å²) in [6.45, 7) is 0. The third-order valence-electron chi connectivity index (χ3n) is 4.16. The third kappa shape index (κ3) is 3.28. The lowest BCUT2D eigenvalue weighted by Gasteiger charge is -2.09. The van der Waals surface area contributed by atoms with Crippen LogP contribution in [0.3, 0.4) is 0 Å². The maximum absolute atomic E-state index is 12.6. The minimum absolute atomic E-state index is 0.0185. The van der Waals surface area contributed by atoms with Crippen LogP contribution in [0.1, 0.15) is 20.2 Å². The van der Waals surface area contributed by atoms with Gasteiger partial charge in [0, 0.05) is 10.9 Å². The number of rotatable bonds is 3. The van der Waals surface area contributed by atoms with E-state index in [4.69, 9.17) is 0 Å². The Balaban J connectivity index is 1.54. The first kappa shape index (κ1) is 17.6. The summed E-state index contributed by atoms with van der Waals surface area (Å²) >= 11 is 1.28. The van der Waals surface area contributed by atoms with Gasteiger partial charge in [0.25, 0.3) is 17.4 Å². The lowest BCUT2D eigenvalue weighted by molar-refractivity contribution is 0.0847. The molecule has 0 fully saturated rings. The Hall–Kier alpha value is -3.78. The highest BCUT2D eigenvalue weighted by Crippen LogP contribution is 2.27. The van der Waals surface area contributed by atoms with Crippen molar-refractivity contribution in [2.24, 2.45) is 0 Å². The third-order valence-corrected chi connectivity index (χ3v) is 5.07. The molecular formula is C20H14N4O3S. The molecule has 0 spiro atoms. The van der Waals surface area contributed by atoms with Crippen molar-refractivity contribution in [1.82, 2.24) is 21.0 Å². The van der Waals surface area contributed by atoms with Crippen LogP contribution in [0.25, 0.3) is 21.9 Å². The van der Waals surface area contributed by atoms with Crippen LogP contribution in [0, 0.1) is 0 Å². The molecule has 2 amide bonds. The van der Waals surface area contributed by atoms with Gasteiger partial charge >= 0.3 is 0 Å². The Bertz CT molecular complexity index is 1230. The molecule has 4 rings (SSSR count). The molecule has 0 unspecified atom stereocenters. The molecule has 4 aromatic rings. The summed E-state index contributed by atoms with van der Waals surface area (Å²) in [5.41, 5.74) is 6.10. The number of fused-ring (bicyclic) bond motifs is 1. The summed E-state index contributed by atoms with van der Waals surface area (Å²) in [6.07, 6.45) is 0. The number of carbonyl (C=O) groups excluding carboxylic acids is 2. The standard InChI is InChI=1S/C20H14N4O3S/c25-18-15-9-5-4-8-14(15)16(21-22-18)19(26)23-24-20(27)17-13(10-11-28-17)12-6-2-1-3-7-12/h1-11H,(H,22,25)(H,23,26)(H,24,27). The molecule has 2 aromatic carbocycles. The van der Waals surface area contributed by atoms with E-state index < -0.39 is 11.8 Å². The smallest absolute Gasteiger partial charge is 0.267 e. The van der Waals surface area contributed by atoms with Crippen molar-refractivity contribution in [2.75, 3.05) is 0 Å². The first-order chi connectivity index (χ1) is 13.6. The van der Waals surface area contributed by atoms with Gasteiger partial charge in [0.1, 0.15) is 4.88 Å². The molecule has 2 heterocycles. The fourth-order valence-corrected chi connectivity index (χ4v) is 3.66. The molecule has 0 aliphatic carbocycles. The molecule has 0 radical (unpaired) electrons. The highest BCUT2D eigenvalue weighted by atomic mass is 32.1. The predicted molar refractivity (Wildman–Crippen MR) is 107 cm³/mol. The van der Waals surface area contributed by atoms with E-state index in [1.54, 1.807) is 24.3 Å². The van der Waals surface area contributed by atoms with Gasteiger partial charge in [-0.05, 0) is 23.1 Å². The zero-order chi connectivity index (χ0) is 19.5. The van der Waals surface area contributed by atoms with Gasteiger partial charge in [0.15, 0.2) is 5.69 Å². The van der Waals surface area contributed by atoms with E-state index in [0.29, 0.717) is 15.6 Å². The van der Waals surface area contributed by atoms with Crippen LogP contribution < -0.4 is 16.4 Å². The summed E-state index contributed by atoms with van der Waals surface area (Å²) in [5, 5.41) is 8.67. The number of thiophene rings is 1. The second-order valence-corrected chi connectivity index (χ2v) is 6.80. The van der Waals surface area contributed by atoms with Crippen molar-refractivity contribution in [2.45, 2.75) is 0 Å². The fraction of sp³-hybridized carbons (Fsp3) is 0. The Morgan fingerprint density at radius 2 is 1.54 bits per heavy atom. The van der Waals surface area contributed by atoms with E-state index in [-0.39, 0.29) is 11.3 Å². The number of amides is 2. The zero-order valence-corrected chi connectivity index (χ0v) is 15.2. The number of hydrazine groups is 1. The summed E-state index contributed by atoms with van der Waals surface area (Å²) in [5.74, 6) is -1.06. The summed E-state index contributed by atoms with van der Waals surface area (Å²) < 4.78 is 0. The number of nitrogens with one attached hydrogen (secondary N) is 3. The molecule has 8 heteroatoms. The molecule has 0 atom stereocenters. The average Bonchev–Trinajstić information content (AvgIpc) is 3.23. The van der Waals surface area contributed by atoms with Crippen LogP contribution in [0.15, 0.2) is 70.8 Å². The topological polar surface area (TPSA) is 104 Å². The second-order valence-electron chi connectivity index (χ2n) is 5.88. The maximum atomic E-state index is 12.6. The van der Waals surface area contributed by atoms with Gasteiger partial charge in [0.05, 0.1) is 5.39 Å². The van der Waals surface area contributed by atoms with E-state index >= 15 is 0 Å². The van der Waals surface area contributed by atoms with Gasteiger partial charge in [-0.25, -0.2) is 5.10 Å². The number of nitrogens with zero attached hydrogens (tertiary/aromatic N) is 1. The van der Waals surface area contributed by atoms with Crippen molar-refractivity contribution in [3.63, 3.8) is 0 Å². The molecule has 7 nitrogen and oxygen atoms in total. The van der Waals surface area contributed by atoms with Gasteiger partial charge in [-0.15, -0.1) is 11.3 Å². The van der Waals surface area contributed by atoms with Gasteiger partial charge in [0.2, 0.25) is 0 Å². The van der Waals surface area contributed by atoms with Crippen LogP contribution in [-0.4, -0.2) is 22.0 Å². The summed E-state index contributed by atoms with van der Waals surface area (Å²) in [7, 11) is 0. The first-order valence-electron chi connectivity index (χ1n) is 8.36. The second kappa shape index (κ2) is 7.45. The zero-order valence-electron chi connectivity index (χ0n) is 14.4. The molecule has 0 saturated heterocycles. The minimum atomic E-state index is -0.626. The van der Waals surface area contributed by atoms with Gasteiger partial charge < -0.3 is 0 Å². The van der Waals surface area contributed by atoms with Crippen LogP contribution in [0.2, 0.25) is 0 Å². The van der Waals surface area contributed by atoms with Crippen LogP contribution in [-0.2, 0) is 0 Å². The van der Waals surface area contributed by atoms with E-state index in [0.717, 1.165) is 11.1 Å². The minimum Gasteiger partial charge on any atom is -0.267 e. The molecular weight excluding hydrogens is 376 g/mol. The van der Waals surface area contributed by atoms with Crippen molar-refractivity contribution >= 4 is 33.9 Å². The quantitative estimate of drug-likeness (QED) is 0.468. The van der Waals surface area contributed by atoms with Crippen molar-refractivity contribution in [3.05, 3.63) is 87.0 Å². The normalized spacial score (nSPS) is 10.6. The highest BCUT2D eigenvalue weighted by Gasteiger charge is 2.18. The van der Waals surface area contributed by atoms with Gasteiger partial charge in [-0.3, -0.25) is 25.2 Å². The summed E-state index contributed by atoms with van der Waals surface area (Å²) in [6, 6.07) is 18.0. The lowest BCUT2D eigenvalue weighted by atomic mass is 10.1. The van der Waals surface area contributed by atoms with Crippen LogP contribution in [0.5, 0.6) is 0 Å². The number of aromatic nitrogens is 2. The van der Waals surface area contributed by atoms with Crippen LogP contribution >= 0.6 is 11.3 Å². The van der Waals surface area contributed by atoms with E-state index in [9.17, 15) is 14.4 Å². The number of hydrogen-bond donors (Lipinski definition) is 3. The Labute approximate surface area is 163 Å². The Morgan fingerprint density at radius 3 is 2.32 bits per heavy atom. The molecule has 2 aromatic heterocycles. The number of H-pyrrole nitrogens is 1. The van der Waals surface area contributed by atoms with Crippen molar-refractivity contribution in [1.29, 1.82) is 0 Å². The highest BCUT2D eigenvalue weighted by molar-refractivity contribution is 7.12. The maximum Gasteiger partial charge on any atom is 0.290 e. The molecule has 0 bridgehead atoms. The predicted octanol–water partition coefficient (Wildman–Crippen LogP) is 2.73. The van der Waals surface area contributed by atoms with E-state index in [1.165, 1.54) is 11.3 Å². The monoisotopic (exact) mass is 390 g/mol. The van der Waals surface area contributed by atoms with Gasteiger partial charge in [-0.2, -0.15) is 5.10 Å². The number of aromatic amines is 1. The van der Waals surface area contributed by atoms with E-state index in [2.05, 4.69) is 21.0 Å². The molecule has 28 heavy (non-hydrogen) atoms. The molecule has 0 aliphatic heterocycles. The molecule has 0 aliphatic rings. The lowest BCUT2D eigenvalue weighted by Crippen LogP contribution is -2.42. The molecule has 0 saturated carbocycles.